The molecule has 0 fully saturated rings. The van der Waals surface area contributed by atoms with Gasteiger partial charge in [-0.25, -0.2) is 0 Å². The summed E-state index contributed by atoms with van der Waals surface area (Å²) in [5, 5.41) is 3.39. The Labute approximate surface area is 151 Å². The van der Waals surface area contributed by atoms with E-state index in [0.29, 0.717) is 22.9 Å². The SMILES string of the molecule is COc1ccc(Cl)cc1C(=O)NCc1cccnc1-c1ccccc1. The van der Waals surface area contributed by atoms with Crippen LogP contribution in [0.1, 0.15) is 15.9 Å². The number of nitrogens with zero attached hydrogens (tertiary/aromatic N) is 1. The Bertz CT molecular complexity index is 882. The molecule has 0 aliphatic carbocycles. The third-order valence-corrected chi connectivity index (χ3v) is 4.02. The highest BCUT2D eigenvalue weighted by molar-refractivity contribution is 6.31. The number of benzene rings is 2. The minimum absolute atomic E-state index is 0.248. The Balaban J connectivity index is 1.81. The number of ether oxygens (including phenoxy) is 1. The number of pyridine rings is 1. The number of methoxy groups -OCH3 is 1. The summed E-state index contributed by atoms with van der Waals surface area (Å²) in [5.41, 5.74) is 3.19. The molecule has 0 saturated carbocycles. The second-order valence-corrected chi connectivity index (χ2v) is 5.84. The first-order valence-corrected chi connectivity index (χ1v) is 8.18. The van der Waals surface area contributed by atoms with E-state index in [1.807, 2.05) is 42.5 Å². The van der Waals surface area contributed by atoms with Gasteiger partial charge in [-0.1, -0.05) is 48.0 Å². The zero-order valence-corrected chi connectivity index (χ0v) is 14.5. The number of hydrogen-bond acceptors (Lipinski definition) is 3. The summed E-state index contributed by atoms with van der Waals surface area (Å²) in [6.07, 6.45) is 1.74. The van der Waals surface area contributed by atoms with Gasteiger partial charge in [0.2, 0.25) is 0 Å². The van der Waals surface area contributed by atoms with Crippen LogP contribution in [0.5, 0.6) is 5.75 Å². The molecule has 1 N–H and O–H groups in total. The summed E-state index contributed by atoms with van der Waals surface area (Å²) in [4.78, 5) is 17.0. The molecule has 3 rings (SSSR count). The van der Waals surface area contributed by atoms with E-state index in [0.717, 1.165) is 16.8 Å². The number of hydrogen-bond donors (Lipinski definition) is 1. The topological polar surface area (TPSA) is 51.2 Å². The van der Waals surface area contributed by atoms with Crippen LogP contribution in [0.3, 0.4) is 0 Å². The van der Waals surface area contributed by atoms with Crippen molar-refractivity contribution in [1.82, 2.24) is 10.3 Å². The molecule has 1 amide bonds. The first-order chi connectivity index (χ1) is 12.2. The fraction of sp³-hybridized carbons (Fsp3) is 0.100. The molecule has 1 aromatic heterocycles. The Morgan fingerprint density at radius 3 is 2.68 bits per heavy atom. The Kier molecular flexibility index (Phi) is 5.31. The summed E-state index contributed by atoms with van der Waals surface area (Å²) >= 11 is 5.99. The van der Waals surface area contributed by atoms with Crippen LogP contribution in [0.15, 0.2) is 66.9 Å². The van der Waals surface area contributed by atoms with Crippen molar-refractivity contribution in [2.45, 2.75) is 6.54 Å². The number of carbonyl (C=O) groups excluding carboxylic acids is 1. The monoisotopic (exact) mass is 352 g/mol. The molecule has 25 heavy (non-hydrogen) atoms. The van der Waals surface area contributed by atoms with Crippen LogP contribution in [0.2, 0.25) is 5.02 Å². The molecule has 4 nitrogen and oxygen atoms in total. The Morgan fingerprint density at radius 2 is 1.92 bits per heavy atom. The molecule has 0 atom stereocenters. The van der Waals surface area contributed by atoms with Gasteiger partial charge in [-0.15, -0.1) is 0 Å². The van der Waals surface area contributed by atoms with Crippen LogP contribution in [-0.4, -0.2) is 18.0 Å². The maximum atomic E-state index is 12.5. The molecule has 0 spiro atoms. The fourth-order valence-corrected chi connectivity index (χ4v) is 2.74. The van der Waals surface area contributed by atoms with Gasteiger partial charge in [0.05, 0.1) is 18.4 Å². The fourth-order valence-electron chi connectivity index (χ4n) is 2.57. The van der Waals surface area contributed by atoms with Gasteiger partial charge in [-0.05, 0) is 29.8 Å². The van der Waals surface area contributed by atoms with E-state index in [1.54, 1.807) is 24.4 Å². The van der Waals surface area contributed by atoms with Gasteiger partial charge in [-0.3, -0.25) is 9.78 Å². The Morgan fingerprint density at radius 1 is 1.12 bits per heavy atom. The normalized spacial score (nSPS) is 10.3. The average molecular weight is 353 g/mol. The lowest BCUT2D eigenvalue weighted by Crippen LogP contribution is -2.23. The molecule has 0 unspecified atom stereocenters. The molecule has 0 radical (unpaired) electrons. The van der Waals surface area contributed by atoms with Crippen LogP contribution < -0.4 is 10.1 Å². The standard InChI is InChI=1S/C20H17ClN2O2/c1-25-18-10-9-16(21)12-17(18)20(24)23-13-15-8-5-11-22-19(15)14-6-3-2-4-7-14/h2-12H,13H2,1H3,(H,23,24). The van der Waals surface area contributed by atoms with Crippen LogP contribution in [0.4, 0.5) is 0 Å². The molecule has 0 saturated heterocycles. The second kappa shape index (κ2) is 7.81. The van der Waals surface area contributed by atoms with Gasteiger partial charge in [0.1, 0.15) is 5.75 Å². The van der Waals surface area contributed by atoms with Crippen molar-refractivity contribution in [3.8, 4) is 17.0 Å². The maximum Gasteiger partial charge on any atom is 0.255 e. The van der Waals surface area contributed by atoms with Crippen LogP contribution >= 0.6 is 11.6 Å². The number of halogens is 1. The predicted molar refractivity (Wildman–Crippen MR) is 98.8 cm³/mol. The van der Waals surface area contributed by atoms with Gasteiger partial charge >= 0.3 is 0 Å². The molecule has 2 aromatic carbocycles. The van der Waals surface area contributed by atoms with Crippen molar-refractivity contribution in [1.29, 1.82) is 0 Å². The number of amides is 1. The number of nitrogens with one attached hydrogen (secondary N) is 1. The highest BCUT2D eigenvalue weighted by Gasteiger charge is 2.14. The Hall–Kier alpha value is -2.85. The smallest absolute Gasteiger partial charge is 0.255 e. The molecule has 1 heterocycles. The summed E-state index contributed by atoms with van der Waals surface area (Å²) in [6, 6.07) is 18.6. The van der Waals surface area contributed by atoms with Gasteiger partial charge in [0, 0.05) is 23.3 Å². The molecule has 5 heteroatoms. The third kappa shape index (κ3) is 3.98. The molecular weight excluding hydrogens is 336 g/mol. The molecule has 0 aliphatic rings. The molecule has 126 valence electrons. The number of rotatable bonds is 5. The van der Waals surface area contributed by atoms with E-state index in [2.05, 4.69) is 10.3 Å². The number of aromatic nitrogens is 1. The quantitative estimate of drug-likeness (QED) is 0.743. The van der Waals surface area contributed by atoms with Gasteiger partial charge in [0.25, 0.3) is 5.91 Å². The second-order valence-electron chi connectivity index (χ2n) is 5.40. The minimum atomic E-state index is -0.248. The predicted octanol–water partition coefficient (Wildman–Crippen LogP) is 4.34. The zero-order valence-electron chi connectivity index (χ0n) is 13.7. The van der Waals surface area contributed by atoms with Crippen molar-refractivity contribution in [3.05, 3.63) is 83.0 Å². The average Bonchev–Trinajstić information content (AvgIpc) is 2.67. The van der Waals surface area contributed by atoms with Crippen molar-refractivity contribution in [3.63, 3.8) is 0 Å². The molecule has 0 bridgehead atoms. The van der Waals surface area contributed by atoms with Crippen molar-refractivity contribution in [2.75, 3.05) is 7.11 Å². The lowest BCUT2D eigenvalue weighted by atomic mass is 10.1. The highest BCUT2D eigenvalue weighted by atomic mass is 35.5. The summed E-state index contributed by atoms with van der Waals surface area (Å²) in [7, 11) is 1.52. The maximum absolute atomic E-state index is 12.5. The molecule has 3 aromatic rings. The van der Waals surface area contributed by atoms with E-state index in [1.165, 1.54) is 7.11 Å². The van der Waals surface area contributed by atoms with E-state index in [4.69, 9.17) is 16.3 Å². The highest BCUT2D eigenvalue weighted by Crippen LogP contribution is 2.23. The first kappa shape index (κ1) is 17.0. The van der Waals surface area contributed by atoms with Gasteiger partial charge in [0.15, 0.2) is 0 Å². The summed E-state index contributed by atoms with van der Waals surface area (Å²) < 4.78 is 5.23. The number of carbonyl (C=O) groups is 1. The molecule has 0 aliphatic heterocycles. The van der Waals surface area contributed by atoms with Gasteiger partial charge < -0.3 is 10.1 Å². The first-order valence-electron chi connectivity index (χ1n) is 7.80. The van der Waals surface area contributed by atoms with Crippen molar-refractivity contribution in [2.24, 2.45) is 0 Å². The lowest BCUT2D eigenvalue weighted by molar-refractivity contribution is 0.0948. The van der Waals surface area contributed by atoms with Crippen molar-refractivity contribution >= 4 is 17.5 Å². The minimum Gasteiger partial charge on any atom is -0.496 e. The van der Waals surface area contributed by atoms with Crippen LogP contribution in [0.25, 0.3) is 11.3 Å². The summed E-state index contributed by atoms with van der Waals surface area (Å²) in [6.45, 7) is 0.354. The van der Waals surface area contributed by atoms with Crippen molar-refractivity contribution < 1.29 is 9.53 Å². The molecular formula is C20H17ClN2O2. The van der Waals surface area contributed by atoms with Crippen LogP contribution in [-0.2, 0) is 6.54 Å². The third-order valence-electron chi connectivity index (χ3n) is 3.78. The zero-order chi connectivity index (χ0) is 17.6. The van der Waals surface area contributed by atoms with E-state index in [-0.39, 0.29) is 5.91 Å². The van der Waals surface area contributed by atoms with E-state index < -0.39 is 0 Å². The van der Waals surface area contributed by atoms with Gasteiger partial charge in [-0.2, -0.15) is 0 Å². The largest absolute Gasteiger partial charge is 0.496 e. The summed E-state index contributed by atoms with van der Waals surface area (Å²) in [5.74, 6) is 0.235. The lowest BCUT2D eigenvalue weighted by Gasteiger charge is -2.12. The van der Waals surface area contributed by atoms with E-state index >= 15 is 0 Å². The van der Waals surface area contributed by atoms with E-state index in [9.17, 15) is 4.79 Å². The van der Waals surface area contributed by atoms with Crippen LogP contribution in [0, 0.1) is 0 Å².